The van der Waals surface area contributed by atoms with Crippen molar-refractivity contribution in [1.29, 1.82) is 5.26 Å². The molecule has 1 unspecified atom stereocenters. The summed E-state index contributed by atoms with van der Waals surface area (Å²) in [5.74, 6) is 1.92. The molecule has 0 aromatic heterocycles. The summed E-state index contributed by atoms with van der Waals surface area (Å²) < 4.78 is 18.8. The summed E-state index contributed by atoms with van der Waals surface area (Å²) in [6.45, 7) is 1.62. The number of nitrogens with zero attached hydrogens (tertiary/aromatic N) is 2. The summed E-state index contributed by atoms with van der Waals surface area (Å²) in [5.41, 5.74) is 8.76. The van der Waals surface area contributed by atoms with Crippen LogP contribution in [0.15, 0.2) is 133 Å². The highest BCUT2D eigenvalue weighted by atomic mass is 35.5. The van der Waals surface area contributed by atoms with Gasteiger partial charge in [-0.15, -0.1) is 0 Å². The second kappa shape index (κ2) is 17.8. The molecule has 3 atom stereocenters. The molecule has 0 radical (unpaired) electrons. The lowest BCUT2D eigenvalue weighted by atomic mass is 9.91. The summed E-state index contributed by atoms with van der Waals surface area (Å²) in [6.07, 6.45) is 0.654. The normalized spacial score (nSPS) is 16.4. The largest absolute Gasteiger partial charge is 0.489 e. The number of hydrogen-bond acceptors (Lipinski definition) is 7. The summed E-state index contributed by atoms with van der Waals surface area (Å²) >= 11 is 12.2. The lowest BCUT2D eigenvalue weighted by Gasteiger charge is -2.38. The fourth-order valence-electron chi connectivity index (χ4n) is 7.50. The Morgan fingerprint density at radius 2 is 1.53 bits per heavy atom. The van der Waals surface area contributed by atoms with E-state index in [1.54, 1.807) is 24.3 Å². The fourth-order valence-corrected chi connectivity index (χ4v) is 7.82. The molecule has 8 rings (SSSR count). The second-order valence-electron chi connectivity index (χ2n) is 14.7. The van der Waals surface area contributed by atoms with Crippen molar-refractivity contribution in [3.63, 3.8) is 0 Å². The van der Waals surface area contributed by atoms with E-state index in [1.165, 1.54) is 0 Å². The van der Waals surface area contributed by atoms with Crippen LogP contribution < -0.4 is 19.5 Å². The van der Waals surface area contributed by atoms with Crippen LogP contribution in [0.1, 0.15) is 45.0 Å². The molecule has 2 aliphatic rings. The van der Waals surface area contributed by atoms with E-state index in [-0.39, 0.29) is 18.6 Å². The van der Waals surface area contributed by atoms with Gasteiger partial charge in [0.05, 0.1) is 40.4 Å². The van der Waals surface area contributed by atoms with Crippen molar-refractivity contribution in [2.24, 2.45) is 0 Å². The zero-order chi connectivity index (χ0) is 40.0. The summed E-state index contributed by atoms with van der Waals surface area (Å²) in [6, 6.07) is 44.2. The van der Waals surface area contributed by atoms with Crippen LogP contribution in [0, 0.1) is 11.3 Å². The highest BCUT2D eigenvalue weighted by Gasteiger charge is 2.35. The van der Waals surface area contributed by atoms with Gasteiger partial charge in [0.2, 0.25) is 5.91 Å². The smallest absolute Gasteiger partial charge is 0.238 e. The number of ether oxygens (including phenoxy) is 3. The van der Waals surface area contributed by atoms with E-state index >= 15 is 0 Å². The molecule has 0 bridgehead atoms. The SMILES string of the molecule is N#Cc1ccc(-c2ccc(C[C@@H](CO)NC(=O)[C@@H]3Cc4cc5c(cc4CN3Cc3ccccc3)OC(c3ccc(OCc4ccc(Cl)c(Cl)c4)cc3)CO5)cc2)cc1. The average molecular weight is 811 g/mol. The molecule has 58 heavy (non-hydrogen) atoms. The third-order valence-electron chi connectivity index (χ3n) is 10.7. The summed E-state index contributed by atoms with van der Waals surface area (Å²) in [4.78, 5) is 16.3. The number of rotatable bonds is 12. The Morgan fingerprint density at radius 1 is 0.828 bits per heavy atom. The van der Waals surface area contributed by atoms with Gasteiger partial charge >= 0.3 is 0 Å². The standard InChI is InChI=1S/C48H41Cl2N3O5/c49-42-19-10-34(21-43(42)50)29-56-41-17-15-37(16-18-41)47-30-57-45-23-38-22-44(53(26-33-4-2-1-3-5-33)27-39(38)24-46(45)58-47)48(55)52-40(28-54)20-31-6-11-35(12-7-31)36-13-8-32(25-51)9-14-36/h1-19,21,23-24,40,44,47,54H,20,22,26-30H2,(H,52,55)/t40-,44-,47?/m0/s1. The van der Waals surface area contributed by atoms with Crippen LogP contribution in [-0.4, -0.2) is 41.2 Å². The Bertz CT molecular complexity index is 2420. The first kappa shape index (κ1) is 39.0. The number of hydrogen-bond donors (Lipinski definition) is 2. The number of nitriles is 1. The van der Waals surface area contributed by atoms with E-state index in [2.05, 4.69) is 34.5 Å². The molecule has 2 aliphatic heterocycles. The van der Waals surface area contributed by atoms with Crippen LogP contribution in [0.5, 0.6) is 17.2 Å². The molecule has 0 aliphatic carbocycles. The Balaban J connectivity index is 0.942. The maximum Gasteiger partial charge on any atom is 0.238 e. The van der Waals surface area contributed by atoms with Crippen LogP contribution in [0.4, 0.5) is 0 Å². The van der Waals surface area contributed by atoms with Crippen LogP contribution in [0.25, 0.3) is 11.1 Å². The number of carbonyl (C=O) groups is 1. The Labute approximate surface area is 348 Å². The van der Waals surface area contributed by atoms with Crippen LogP contribution in [-0.2, 0) is 37.3 Å². The van der Waals surface area contributed by atoms with Gasteiger partial charge in [0.1, 0.15) is 19.0 Å². The molecule has 292 valence electrons. The molecule has 0 saturated carbocycles. The molecular weight excluding hydrogens is 769 g/mol. The van der Waals surface area contributed by atoms with Crippen molar-refractivity contribution < 1.29 is 24.1 Å². The van der Waals surface area contributed by atoms with Gasteiger partial charge in [-0.2, -0.15) is 5.26 Å². The molecule has 2 N–H and O–H groups in total. The molecular formula is C48H41Cl2N3O5. The van der Waals surface area contributed by atoms with E-state index in [0.29, 0.717) is 66.3 Å². The molecule has 0 spiro atoms. The van der Waals surface area contributed by atoms with Crippen LogP contribution in [0.3, 0.4) is 0 Å². The van der Waals surface area contributed by atoms with Gasteiger partial charge in [0, 0.05) is 13.1 Å². The quantitative estimate of drug-likeness (QED) is 0.127. The Kier molecular flexibility index (Phi) is 12.0. The predicted octanol–water partition coefficient (Wildman–Crippen LogP) is 9.27. The van der Waals surface area contributed by atoms with Gasteiger partial charge in [-0.05, 0) is 106 Å². The van der Waals surface area contributed by atoms with E-state index in [9.17, 15) is 9.90 Å². The van der Waals surface area contributed by atoms with E-state index in [1.807, 2.05) is 91.0 Å². The molecule has 0 saturated heterocycles. The number of aliphatic hydroxyl groups is 1. The van der Waals surface area contributed by atoms with Gasteiger partial charge in [-0.1, -0.05) is 108 Å². The minimum atomic E-state index is -0.465. The number of benzene rings is 6. The monoisotopic (exact) mass is 809 g/mol. The highest BCUT2D eigenvalue weighted by Crippen LogP contribution is 2.41. The first-order valence-electron chi connectivity index (χ1n) is 19.2. The summed E-state index contributed by atoms with van der Waals surface area (Å²) in [7, 11) is 0. The van der Waals surface area contributed by atoms with Crippen molar-refractivity contribution in [2.75, 3.05) is 13.2 Å². The van der Waals surface area contributed by atoms with Crippen molar-refractivity contribution in [3.8, 4) is 34.4 Å². The maximum atomic E-state index is 14.1. The minimum Gasteiger partial charge on any atom is -0.489 e. The molecule has 8 nitrogen and oxygen atoms in total. The zero-order valence-corrected chi connectivity index (χ0v) is 33.1. The number of halogens is 2. The third kappa shape index (κ3) is 9.15. The molecule has 2 heterocycles. The van der Waals surface area contributed by atoms with Crippen LogP contribution >= 0.6 is 23.2 Å². The van der Waals surface area contributed by atoms with Crippen molar-refractivity contribution in [1.82, 2.24) is 10.2 Å². The lowest BCUT2D eigenvalue weighted by Crippen LogP contribution is -2.53. The van der Waals surface area contributed by atoms with E-state index < -0.39 is 12.1 Å². The number of fused-ring (bicyclic) bond motifs is 2. The molecule has 6 aromatic carbocycles. The average Bonchev–Trinajstić information content (AvgIpc) is 3.26. The van der Waals surface area contributed by atoms with Gasteiger partial charge in [0.15, 0.2) is 17.6 Å². The van der Waals surface area contributed by atoms with Gasteiger partial charge < -0.3 is 24.6 Å². The first-order chi connectivity index (χ1) is 28.3. The fraction of sp³-hybridized carbons (Fsp3) is 0.208. The van der Waals surface area contributed by atoms with Crippen molar-refractivity contribution in [2.45, 2.75) is 50.7 Å². The van der Waals surface area contributed by atoms with Crippen LogP contribution in [0.2, 0.25) is 10.0 Å². The lowest BCUT2D eigenvalue weighted by molar-refractivity contribution is -0.128. The molecule has 0 fully saturated rings. The predicted molar refractivity (Wildman–Crippen MR) is 225 cm³/mol. The number of carbonyl (C=O) groups excluding carboxylic acids is 1. The third-order valence-corrected chi connectivity index (χ3v) is 11.4. The Morgan fingerprint density at radius 3 is 2.24 bits per heavy atom. The highest BCUT2D eigenvalue weighted by molar-refractivity contribution is 6.42. The van der Waals surface area contributed by atoms with E-state index in [0.717, 1.165) is 50.3 Å². The number of nitrogens with one attached hydrogen (secondary N) is 1. The van der Waals surface area contributed by atoms with Gasteiger partial charge in [-0.3, -0.25) is 9.69 Å². The topological polar surface area (TPSA) is 104 Å². The minimum absolute atomic E-state index is 0.130. The molecule has 6 aromatic rings. The van der Waals surface area contributed by atoms with Gasteiger partial charge in [-0.25, -0.2) is 0 Å². The summed E-state index contributed by atoms with van der Waals surface area (Å²) in [5, 5.41) is 23.7. The van der Waals surface area contributed by atoms with Crippen molar-refractivity contribution >= 4 is 29.1 Å². The zero-order valence-electron chi connectivity index (χ0n) is 31.6. The Hall–Kier alpha value is -5.82. The number of aliphatic hydroxyl groups excluding tert-OH is 1. The molecule has 1 amide bonds. The molecule has 10 heteroatoms. The first-order valence-corrected chi connectivity index (χ1v) is 20.0. The number of amides is 1. The van der Waals surface area contributed by atoms with Gasteiger partial charge in [0.25, 0.3) is 0 Å². The second-order valence-corrected chi connectivity index (χ2v) is 15.5. The van der Waals surface area contributed by atoms with E-state index in [4.69, 9.17) is 42.7 Å². The van der Waals surface area contributed by atoms with Crippen molar-refractivity contribution in [3.05, 3.63) is 182 Å². The maximum absolute atomic E-state index is 14.1.